The van der Waals surface area contributed by atoms with Crippen molar-refractivity contribution >= 4 is 52.5 Å². The largest absolute Gasteiger partial charge is 0.491 e. The van der Waals surface area contributed by atoms with E-state index in [0.29, 0.717) is 77.6 Å². The number of likely N-dealkylation sites (tertiary alicyclic amines) is 1. The molecule has 5 fully saturated rings. The molecule has 7 rings (SSSR count). The number of aliphatic carboxylic acids is 1. The normalized spacial score (nSPS) is 28.3. The molecule has 5 aliphatic rings. The van der Waals surface area contributed by atoms with Crippen LogP contribution in [0.5, 0.6) is 11.5 Å². The number of carboxylic acid groups (broad SMARTS) is 1. The molecule has 3 amide bonds. The molecular weight excluding hydrogens is 766 g/mol. The lowest BCUT2D eigenvalue weighted by Gasteiger charge is -2.35. The summed E-state index contributed by atoms with van der Waals surface area (Å²) in [7, 11) is 0. The first-order valence-electron chi connectivity index (χ1n) is 20.8. The second kappa shape index (κ2) is 16.8. The van der Waals surface area contributed by atoms with Crippen molar-refractivity contribution in [3.63, 3.8) is 0 Å². The summed E-state index contributed by atoms with van der Waals surface area (Å²) in [5.74, 6) is -0.217. The van der Waals surface area contributed by atoms with Crippen molar-refractivity contribution in [3.8, 4) is 11.5 Å². The molecule has 1 aromatic carbocycles. The number of carbonyl (C=O) groups is 4. The lowest BCUT2D eigenvalue weighted by Crippen LogP contribution is -2.59. The van der Waals surface area contributed by atoms with Crippen LogP contribution in [0.15, 0.2) is 23.8 Å². The van der Waals surface area contributed by atoms with Crippen LogP contribution >= 0.6 is 11.6 Å². The first kappa shape index (κ1) is 42.0. The number of carbonyl (C=O) groups excluding carboxylic acids is 3. The van der Waals surface area contributed by atoms with Gasteiger partial charge in [-0.1, -0.05) is 51.3 Å². The Morgan fingerprint density at radius 3 is 2.43 bits per heavy atom. The number of allylic oxidation sites excluding steroid dienone is 1. The minimum Gasteiger partial charge on any atom is -0.491 e. The molecule has 1 aromatic heterocycles. The molecule has 3 N–H and O–H groups in total. The summed E-state index contributed by atoms with van der Waals surface area (Å²) in [4.78, 5) is 63.1. The summed E-state index contributed by atoms with van der Waals surface area (Å²) in [6, 6.07) is 3.32. The Balaban J connectivity index is 1.15. The fourth-order valence-electron chi connectivity index (χ4n) is 8.94. The quantitative estimate of drug-likeness (QED) is 0.215. The van der Waals surface area contributed by atoms with E-state index in [4.69, 9.17) is 35.5 Å². The molecule has 316 valence electrons. The molecule has 8 atom stereocenters. The summed E-state index contributed by atoms with van der Waals surface area (Å²) >= 11 is 6.99. The summed E-state index contributed by atoms with van der Waals surface area (Å²) in [6.45, 7) is 15.6. The summed E-state index contributed by atoms with van der Waals surface area (Å²) in [6.07, 6.45) is 4.18. The van der Waals surface area contributed by atoms with Crippen LogP contribution < -0.4 is 20.1 Å². The third kappa shape index (κ3) is 9.18. The highest BCUT2D eigenvalue weighted by atomic mass is 35.5. The fraction of sp³-hybridized carbons (Fsp3) is 0.651. The highest BCUT2D eigenvalue weighted by Crippen LogP contribution is 2.52. The summed E-state index contributed by atoms with van der Waals surface area (Å²) < 4.78 is 24.1. The first-order valence-corrected chi connectivity index (χ1v) is 21.1. The topological polar surface area (TPSA) is 169 Å². The van der Waals surface area contributed by atoms with Crippen LogP contribution in [0.4, 0.5) is 4.79 Å². The van der Waals surface area contributed by atoms with E-state index in [1.807, 2.05) is 59.8 Å². The van der Waals surface area contributed by atoms with Gasteiger partial charge in [0, 0.05) is 37.5 Å². The van der Waals surface area contributed by atoms with Gasteiger partial charge < -0.3 is 39.6 Å². The van der Waals surface area contributed by atoms with Crippen molar-refractivity contribution < 1.29 is 43.2 Å². The van der Waals surface area contributed by atoms with Crippen LogP contribution in [0.3, 0.4) is 0 Å². The highest BCUT2D eigenvalue weighted by Gasteiger charge is 2.61. The standard InChI is InChI=1S/C43H58ClN5O9/c1-7-27-22-43(27,40(52)53)47-38(50)32-21-30(23-49(32)39(51)37(42(4,5)6)46-41(54)58-29-18-25-17-26(25)19-29)57-34-20-28(16-24(2)3)45-36-31(34)8-9-33(35(36)44)56-15-12-48-10-13-55-14-11-48/h8-9,16,20,25-27,29-30,32,37H,7,10-15,17-19,21-23H2,1-6H3,(H,46,54)(H,47,50)(H,52,53)/t25-,26+,27-,29?,30-,32+,37-,43-/m1/s1. The average molecular weight is 824 g/mol. The minimum absolute atomic E-state index is 0.00174. The molecule has 3 heterocycles. The smallest absolute Gasteiger partial charge is 0.408 e. The number of pyridine rings is 1. The Hall–Kier alpha value is -4.14. The highest BCUT2D eigenvalue weighted by molar-refractivity contribution is 6.36. The first-order chi connectivity index (χ1) is 27.6. The van der Waals surface area contributed by atoms with Crippen molar-refractivity contribution in [1.82, 2.24) is 25.4 Å². The predicted octanol–water partition coefficient (Wildman–Crippen LogP) is 5.68. The second-order valence-corrected chi connectivity index (χ2v) is 18.5. The van der Waals surface area contributed by atoms with Gasteiger partial charge in [0.1, 0.15) is 53.0 Å². The van der Waals surface area contributed by atoms with Crippen molar-refractivity contribution in [2.75, 3.05) is 46.0 Å². The number of halogens is 1. The van der Waals surface area contributed by atoms with E-state index in [1.54, 1.807) is 6.07 Å². The van der Waals surface area contributed by atoms with Crippen molar-refractivity contribution in [1.29, 1.82) is 0 Å². The van der Waals surface area contributed by atoms with Crippen molar-refractivity contribution in [3.05, 3.63) is 34.5 Å². The molecule has 2 aliphatic heterocycles. The second-order valence-electron chi connectivity index (χ2n) is 18.1. The molecule has 2 aromatic rings. The molecule has 0 spiro atoms. The maximum Gasteiger partial charge on any atom is 0.408 e. The van der Waals surface area contributed by atoms with Gasteiger partial charge in [-0.25, -0.2) is 14.6 Å². The van der Waals surface area contributed by atoms with E-state index in [9.17, 15) is 24.3 Å². The minimum atomic E-state index is -1.40. The molecule has 3 aliphatic carbocycles. The lowest BCUT2D eigenvalue weighted by molar-refractivity contribution is -0.146. The van der Waals surface area contributed by atoms with Gasteiger partial charge in [0.25, 0.3) is 0 Å². The van der Waals surface area contributed by atoms with E-state index < -0.39 is 53.0 Å². The molecule has 0 bridgehead atoms. The number of aromatic nitrogens is 1. The van der Waals surface area contributed by atoms with Gasteiger partial charge in [-0.2, -0.15) is 0 Å². The zero-order chi connectivity index (χ0) is 41.5. The third-order valence-electron chi connectivity index (χ3n) is 12.4. The van der Waals surface area contributed by atoms with E-state index in [2.05, 4.69) is 15.5 Å². The number of ether oxygens (including phenoxy) is 4. The molecule has 3 saturated carbocycles. The van der Waals surface area contributed by atoms with Gasteiger partial charge in [-0.05, 0) is 80.9 Å². The van der Waals surface area contributed by atoms with E-state index in [1.165, 1.54) is 11.3 Å². The number of hydrogen-bond donors (Lipinski definition) is 3. The van der Waals surface area contributed by atoms with E-state index in [0.717, 1.165) is 38.0 Å². The number of rotatable bonds is 14. The summed E-state index contributed by atoms with van der Waals surface area (Å²) in [5, 5.41) is 16.8. The van der Waals surface area contributed by atoms with Crippen LogP contribution in [0.25, 0.3) is 17.0 Å². The van der Waals surface area contributed by atoms with Crippen LogP contribution in [0.1, 0.15) is 85.8 Å². The molecule has 58 heavy (non-hydrogen) atoms. The maximum absolute atomic E-state index is 14.7. The molecule has 15 heteroatoms. The van der Waals surface area contributed by atoms with Gasteiger partial charge >= 0.3 is 12.1 Å². The SMILES string of the molecule is CC[C@@H]1C[C@]1(NC(=O)[C@@H]1C[C@@H](Oc2cc(C=C(C)C)nc3c(Cl)c(OCCN4CCOCC4)ccc23)CN1C(=O)[C@@H](NC(=O)OC1C[C@@H]2C[C@@H]2C1)C(C)(C)C)C(=O)O. The third-order valence-corrected chi connectivity index (χ3v) is 12.8. The number of alkyl carbamates (subject to hydrolysis) is 1. The van der Waals surface area contributed by atoms with Crippen LogP contribution in [0.2, 0.25) is 5.02 Å². The monoisotopic (exact) mass is 823 g/mol. The van der Waals surface area contributed by atoms with Gasteiger partial charge in [-0.3, -0.25) is 14.5 Å². The van der Waals surface area contributed by atoms with Crippen LogP contribution in [-0.2, 0) is 23.9 Å². The van der Waals surface area contributed by atoms with Gasteiger partial charge in [0.2, 0.25) is 11.8 Å². The zero-order valence-electron chi connectivity index (χ0n) is 34.5. The Bertz CT molecular complexity index is 1930. The van der Waals surface area contributed by atoms with Crippen LogP contribution in [-0.4, -0.2) is 120 Å². The number of carboxylic acids is 1. The van der Waals surface area contributed by atoms with Gasteiger partial charge in [0.15, 0.2) is 0 Å². The van der Waals surface area contributed by atoms with E-state index >= 15 is 0 Å². The number of fused-ring (bicyclic) bond motifs is 2. The fourth-order valence-corrected chi connectivity index (χ4v) is 9.20. The average Bonchev–Trinajstić information content (AvgIpc) is 3.98. The maximum atomic E-state index is 14.7. The van der Waals surface area contributed by atoms with Gasteiger partial charge in [-0.15, -0.1) is 0 Å². The molecule has 1 unspecified atom stereocenters. The number of benzene rings is 1. The zero-order valence-corrected chi connectivity index (χ0v) is 35.2. The molecule has 0 radical (unpaired) electrons. The van der Waals surface area contributed by atoms with E-state index in [-0.39, 0.29) is 25.0 Å². The number of nitrogens with zero attached hydrogens (tertiary/aromatic N) is 3. The number of hydrogen-bond acceptors (Lipinski definition) is 10. The van der Waals surface area contributed by atoms with Crippen molar-refractivity contribution in [2.45, 2.75) is 110 Å². The molecular formula is C43H58ClN5O9. The summed E-state index contributed by atoms with van der Waals surface area (Å²) in [5.41, 5.74) is -0.0737. The Morgan fingerprint density at radius 2 is 1.79 bits per heavy atom. The van der Waals surface area contributed by atoms with Gasteiger partial charge in [0.05, 0.1) is 31.0 Å². The van der Waals surface area contributed by atoms with Crippen LogP contribution in [0, 0.1) is 23.2 Å². The Kier molecular flexibility index (Phi) is 12.2. The Morgan fingerprint density at radius 1 is 1.07 bits per heavy atom. The number of nitrogens with one attached hydrogen (secondary N) is 2. The number of morpholine rings is 1. The predicted molar refractivity (Wildman–Crippen MR) is 218 cm³/mol. The van der Waals surface area contributed by atoms with Crippen molar-refractivity contribution in [2.24, 2.45) is 23.2 Å². The number of amides is 3. The molecule has 2 saturated heterocycles. The molecule has 14 nitrogen and oxygen atoms in total. The lowest BCUT2D eigenvalue weighted by atomic mass is 9.85. The Labute approximate surface area is 345 Å².